The Bertz CT molecular complexity index is 1160. The lowest BCUT2D eigenvalue weighted by atomic mass is 9.85. The van der Waals surface area contributed by atoms with Gasteiger partial charge in [0.1, 0.15) is 28.5 Å². The zero-order chi connectivity index (χ0) is 28.6. The highest BCUT2D eigenvalue weighted by Gasteiger charge is 2.65. The van der Waals surface area contributed by atoms with Crippen LogP contribution in [0.25, 0.3) is 0 Å². The molecule has 0 aromatic carbocycles. The van der Waals surface area contributed by atoms with Gasteiger partial charge in [0.2, 0.25) is 19.2 Å². The average Bonchev–Trinajstić information content (AvgIpc) is 3.28. The SMILES string of the molecule is C=C[C@@H]1C[C@]1(NC(=O)[C@@H]1CCCN1C(=O)C(NC(=O)OC1CCCC1)C(C)(C)C)P(=O)(O)Cc1nc(C)cs1. The first-order valence-corrected chi connectivity index (χ1v) is 16.4. The van der Waals surface area contributed by atoms with Crippen molar-refractivity contribution in [2.75, 3.05) is 6.54 Å². The van der Waals surface area contributed by atoms with Crippen molar-refractivity contribution in [3.63, 3.8) is 0 Å². The van der Waals surface area contributed by atoms with Crippen LogP contribution in [0.2, 0.25) is 0 Å². The molecule has 1 aromatic heterocycles. The van der Waals surface area contributed by atoms with Crippen molar-refractivity contribution >= 4 is 36.6 Å². The zero-order valence-electron chi connectivity index (χ0n) is 23.3. The van der Waals surface area contributed by atoms with Crippen LogP contribution in [0, 0.1) is 18.3 Å². The molecule has 10 nitrogen and oxygen atoms in total. The van der Waals surface area contributed by atoms with Crippen molar-refractivity contribution in [3.8, 4) is 0 Å². The number of carbonyl (C=O) groups excluding carboxylic acids is 3. The van der Waals surface area contributed by atoms with Crippen molar-refractivity contribution < 1.29 is 28.6 Å². The number of aryl methyl sites for hydroxylation is 1. The Morgan fingerprint density at radius 2 is 2.00 bits per heavy atom. The quantitative estimate of drug-likeness (QED) is 0.292. The first kappa shape index (κ1) is 29.7. The molecule has 3 aliphatic rings. The second-order valence-corrected chi connectivity index (χ2v) is 15.6. The number of hydrogen-bond donors (Lipinski definition) is 3. The van der Waals surface area contributed by atoms with Gasteiger partial charge in [-0.2, -0.15) is 0 Å². The number of likely N-dealkylation sites (tertiary alicyclic amines) is 1. The molecule has 0 bridgehead atoms. The molecule has 2 heterocycles. The molecule has 1 aliphatic heterocycles. The number of carbonyl (C=O) groups is 3. The third kappa shape index (κ3) is 6.41. The van der Waals surface area contributed by atoms with Crippen LogP contribution in [0.5, 0.6) is 0 Å². The second kappa shape index (κ2) is 11.3. The molecule has 2 saturated carbocycles. The first-order valence-electron chi connectivity index (χ1n) is 13.7. The molecule has 2 unspecified atom stereocenters. The van der Waals surface area contributed by atoms with Crippen molar-refractivity contribution in [3.05, 3.63) is 28.7 Å². The van der Waals surface area contributed by atoms with Gasteiger partial charge in [-0.25, -0.2) is 9.78 Å². The number of alkyl carbamates (subject to hydrolysis) is 1. The lowest BCUT2D eigenvalue weighted by molar-refractivity contribution is -0.142. The molecule has 0 spiro atoms. The summed E-state index contributed by atoms with van der Waals surface area (Å²) in [6.07, 6.45) is 5.72. The van der Waals surface area contributed by atoms with Gasteiger partial charge >= 0.3 is 6.09 Å². The molecule has 12 heteroatoms. The van der Waals surface area contributed by atoms with Gasteiger partial charge in [0.15, 0.2) is 0 Å². The summed E-state index contributed by atoms with van der Waals surface area (Å²) in [7, 11) is -3.91. The fourth-order valence-corrected chi connectivity index (χ4v) is 9.20. The van der Waals surface area contributed by atoms with E-state index in [1.54, 1.807) is 6.08 Å². The summed E-state index contributed by atoms with van der Waals surface area (Å²) in [5.41, 5.74) is 0.145. The maximum absolute atomic E-state index is 13.8. The van der Waals surface area contributed by atoms with E-state index in [4.69, 9.17) is 4.74 Å². The summed E-state index contributed by atoms with van der Waals surface area (Å²) in [6, 6.07) is -1.70. The van der Waals surface area contributed by atoms with E-state index in [2.05, 4.69) is 22.2 Å². The molecule has 2 aliphatic carbocycles. The number of hydrogen-bond acceptors (Lipinski definition) is 7. The van der Waals surface area contributed by atoms with Crippen LogP contribution in [-0.4, -0.2) is 62.7 Å². The number of nitrogens with one attached hydrogen (secondary N) is 2. The maximum Gasteiger partial charge on any atom is 0.408 e. The van der Waals surface area contributed by atoms with E-state index in [9.17, 15) is 23.8 Å². The Labute approximate surface area is 234 Å². The topological polar surface area (TPSA) is 138 Å². The minimum atomic E-state index is -3.91. The fourth-order valence-electron chi connectivity index (χ4n) is 5.71. The Hall–Kier alpha value is -2.23. The third-order valence-corrected chi connectivity index (χ3v) is 11.8. The van der Waals surface area contributed by atoms with Crippen molar-refractivity contribution in [2.24, 2.45) is 11.3 Å². The van der Waals surface area contributed by atoms with Crippen LogP contribution in [-0.2, 0) is 25.1 Å². The molecule has 4 rings (SSSR count). The van der Waals surface area contributed by atoms with Crippen molar-refractivity contribution in [2.45, 2.75) is 102 Å². The molecule has 3 amide bonds. The number of thiazole rings is 1. The maximum atomic E-state index is 13.8. The van der Waals surface area contributed by atoms with Crippen LogP contribution in [0.1, 0.15) is 76.4 Å². The van der Waals surface area contributed by atoms with Gasteiger partial charge in [-0.05, 0) is 57.3 Å². The summed E-state index contributed by atoms with van der Waals surface area (Å²) in [4.78, 5) is 57.0. The monoisotopic (exact) mass is 580 g/mol. The third-order valence-electron chi connectivity index (χ3n) is 8.04. The van der Waals surface area contributed by atoms with E-state index in [1.807, 2.05) is 33.1 Å². The number of rotatable bonds is 9. The largest absolute Gasteiger partial charge is 0.446 e. The van der Waals surface area contributed by atoms with E-state index >= 15 is 0 Å². The number of aromatic nitrogens is 1. The minimum absolute atomic E-state index is 0.136. The normalized spacial score (nSPS) is 27.5. The standard InChI is InChI=1S/C27H41N4O6PS/c1-6-18-14-27(18,38(35,36)15-21-28-17(2)16-39-21)30-23(32)20-12-9-13-31(20)24(33)22(26(3,4)5)29-25(34)37-19-10-7-8-11-19/h6,16,18-20,22H,1,7-15H2,2-5H3,(H,29,34)(H,30,32)(H,35,36)/t18-,20+,22?,27+/m1/s1. The Morgan fingerprint density at radius 3 is 2.56 bits per heavy atom. The van der Waals surface area contributed by atoms with E-state index in [1.165, 1.54) is 16.2 Å². The highest BCUT2D eigenvalue weighted by Crippen LogP contribution is 2.70. The zero-order valence-corrected chi connectivity index (χ0v) is 25.0. The number of ether oxygens (including phenoxy) is 1. The molecule has 0 radical (unpaired) electrons. The van der Waals surface area contributed by atoms with Crippen LogP contribution in [0.15, 0.2) is 18.0 Å². The molecule has 1 aromatic rings. The molecule has 5 atom stereocenters. The Morgan fingerprint density at radius 1 is 1.31 bits per heavy atom. The van der Waals surface area contributed by atoms with Crippen LogP contribution >= 0.6 is 18.7 Å². The van der Waals surface area contributed by atoms with Gasteiger partial charge in [0.05, 0.1) is 6.16 Å². The van der Waals surface area contributed by atoms with E-state index < -0.39 is 42.1 Å². The fraction of sp³-hybridized carbons (Fsp3) is 0.704. The summed E-state index contributed by atoms with van der Waals surface area (Å²) >= 11 is 1.32. The van der Waals surface area contributed by atoms with Gasteiger partial charge < -0.3 is 25.2 Å². The van der Waals surface area contributed by atoms with E-state index in [0.717, 1.165) is 31.4 Å². The Balaban J connectivity index is 1.48. The van der Waals surface area contributed by atoms with Gasteiger partial charge in [-0.15, -0.1) is 17.9 Å². The van der Waals surface area contributed by atoms with Crippen LogP contribution in [0.3, 0.4) is 0 Å². The molecule has 39 heavy (non-hydrogen) atoms. The Kier molecular flexibility index (Phi) is 8.64. The molecular weight excluding hydrogens is 539 g/mol. The van der Waals surface area contributed by atoms with Gasteiger partial charge in [0, 0.05) is 23.5 Å². The molecule has 3 fully saturated rings. The summed E-state index contributed by atoms with van der Waals surface area (Å²) in [5.74, 6) is -1.17. The smallest absolute Gasteiger partial charge is 0.408 e. The predicted molar refractivity (Wildman–Crippen MR) is 149 cm³/mol. The van der Waals surface area contributed by atoms with Crippen LogP contribution in [0.4, 0.5) is 4.79 Å². The molecule has 216 valence electrons. The number of amides is 3. The summed E-state index contributed by atoms with van der Waals surface area (Å²) in [6.45, 7) is 11.5. The van der Waals surface area contributed by atoms with Gasteiger partial charge in [-0.1, -0.05) is 26.8 Å². The van der Waals surface area contributed by atoms with E-state index in [-0.39, 0.29) is 24.1 Å². The molecular formula is C27H41N4O6PS. The predicted octanol–water partition coefficient (Wildman–Crippen LogP) is 4.31. The average molecular weight is 581 g/mol. The molecule has 1 saturated heterocycles. The minimum Gasteiger partial charge on any atom is -0.446 e. The van der Waals surface area contributed by atoms with Crippen LogP contribution < -0.4 is 10.6 Å². The van der Waals surface area contributed by atoms with Gasteiger partial charge in [-0.3, -0.25) is 14.2 Å². The summed E-state index contributed by atoms with van der Waals surface area (Å²) < 4.78 is 19.2. The second-order valence-electron chi connectivity index (χ2n) is 12.1. The first-order chi connectivity index (χ1) is 18.3. The van der Waals surface area contributed by atoms with Crippen molar-refractivity contribution in [1.29, 1.82) is 0 Å². The molecule has 3 N–H and O–H groups in total. The highest BCUT2D eigenvalue weighted by molar-refractivity contribution is 7.59. The van der Waals surface area contributed by atoms with E-state index in [0.29, 0.717) is 30.8 Å². The van der Waals surface area contributed by atoms with Crippen molar-refractivity contribution in [1.82, 2.24) is 20.5 Å². The lowest BCUT2D eigenvalue weighted by Gasteiger charge is -2.36. The highest BCUT2D eigenvalue weighted by atomic mass is 32.1. The van der Waals surface area contributed by atoms with Gasteiger partial charge in [0.25, 0.3) is 0 Å². The lowest BCUT2D eigenvalue weighted by Crippen LogP contribution is -2.58. The number of nitrogens with zero attached hydrogens (tertiary/aromatic N) is 2. The summed E-state index contributed by atoms with van der Waals surface area (Å²) in [5, 5.41) is 6.68.